The number of hydrogen-bond acceptors (Lipinski definition) is 4. The average molecular weight is 371 g/mol. The zero-order valence-electron chi connectivity index (χ0n) is 15.3. The monoisotopic (exact) mass is 371 g/mol. The molecule has 0 aliphatic rings. The fourth-order valence-corrected chi connectivity index (χ4v) is 2.80. The molecule has 0 fully saturated rings. The lowest BCUT2D eigenvalue weighted by Crippen LogP contribution is -2.21. The van der Waals surface area contributed by atoms with E-state index in [-0.39, 0.29) is 29.2 Å². The molecular weight excluding hydrogens is 353 g/mol. The summed E-state index contributed by atoms with van der Waals surface area (Å²) in [6.45, 7) is 11.8. The van der Waals surface area contributed by atoms with E-state index in [0.29, 0.717) is 11.3 Å². The number of anilines is 1. The Bertz CT molecular complexity index is 986. The van der Waals surface area contributed by atoms with Gasteiger partial charge in [-0.3, -0.25) is 9.59 Å². The van der Waals surface area contributed by atoms with Gasteiger partial charge in [0.25, 0.3) is 11.7 Å². The predicted octanol–water partition coefficient (Wildman–Crippen LogP) is 3.33. The van der Waals surface area contributed by atoms with Crippen molar-refractivity contribution < 1.29 is 23.5 Å². The summed E-state index contributed by atoms with van der Waals surface area (Å²) in [5.41, 5.74) is 1.12. The third-order valence-corrected chi connectivity index (χ3v) is 4.16. The number of carbonyl (C=O) groups excluding carboxylic acids is 3. The summed E-state index contributed by atoms with van der Waals surface area (Å²) in [4.78, 5) is 39.9. The first-order chi connectivity index (χ1) is 12.7. The van der Waals surface area contributed by atoms with Crippen molar-refractivity contribution in [1.29, 1.82) is 0 Å². The highest BCUT2D eigenvalue weighted by molar-refractivity contribution is 6.40. The minimum absolute atomic E-state index is 0.0638. The zero-order valence-corrected chi connectivity index (χ0v) is 15.3. The molecule has 0 bridgehead atoms. The number of carbonyl (C=O) groups is 3. The lowest BCUT2D eigenvalue weighted by Gasteiger charge is -2.07. The molecule has 0 aliphatic heterocycles. The highest BCUT2D eigenvalue weighted by Crippen LogP contribution is 2.26. The maximum absolute atomic E-state index is 13.4. The van der Waals surface area contributed by atoms with E-state index in [2.05, 4.69) is 10.2 Å². The third kappa shape index (κ3) is 3.72. The number of Topliss-reactive ketones (excluding diaryl/α,β-unsaturated/α-hetero) is 1. The normalized spacial score (nSPS) is 10.2. The molecule has 7 nitrogen and oxygen atoms in total. The Morgan fingerprint density at radius 3 is 2.56 bits per heavy atom. The van der Waals surface area contributed by atoms with Crippen molar-refractivity contribution in [2.24, 2.45) is 7.05 Å². The summed E-state index contributed by atoms with van der Waals surface area (Å²) in [6, 6.07) is 3.64. The van der Waals surface area contributed by atoms with E-state index in [0.717, 1.165) is 6.07 Å². The van der Waals surface area contributed by atoms with Crippen LogP contribution in [0.3, 0.4) is 0 Å². The Morgan fingerprint density at radius 2 is 1.96 bits per heavy atom. The number of nitrogens with one attached hydrogen (secondary N) is 1. The first kappa shape index (κ1) is 19.8. The Hall–Kier alpha value is -3.47. The number of ketones is 1. The molecule has 0 aliphatic carbocycles. The van der Waals surface area contributed by atoms with Crippen LogP contribution in [-0.2, 0) is 16.6 Å². The van der Waals surface area contributed by atoms with E-state index < -0.39 is 23.5 Å². The van der Waals surface area contributed by atoms with Gasteiger partial charge in [0.05, 0.1) is 18.7 Å². The topological polar surface area (TPSA) is 81.8 Å². The van der Waals surface area contributed by atoms with Crippen LogP contribution in [0.15, 0.2) is 18.2 Å². The number of aromatic nitrogens is 1. The molecule has 1 N–H and O–H groups in total. The second kappa shape index (κ2) is 7.83. The second-order valence-electron chi connectivity index (χ2n) is 5.77. The number of esters is 1. The Kier molecular flexibility index (Phi) is 5.75. The van der Waals surface area contributed by atoms with Gasteiger partial charge >= 0.3 is 5.97 Å². The van der Waals surface area contributed by atoms with E-state index in [4.69, 9.17) is 11.3 Å². The number of rotatable bonds is 5. The maximum Gasteiger partial charge on any atom is 0.381 e. The molecule has 1 amide bonds. The van der Waals surface area contributed by atoms with Gasteiger partial charge in [0.1, 0.15) is 11.5 Å². The van der Waals surface area contributed by atoms with Gasteiger partial charge in [0.15, 0.2) is 0 Å². The van der Waals surface area contributed by atoms with Crippen molar-refractivity contribution in [2.45, 2.75) is 20.8 Å². The maximum atomic E-state index is 13.4. The lowest BCUT2D eigenvalue weighted by molar-refractivity contribution is -0.137. The Morgan fingerprint density at radius 1 is 1.30 bits per heavy atom. The molecule has 0 spiro atoms. The van der Waals surface area contributed by atoms with Crippen LogP contribution in [-0.4, -0.2) is 28.8 Å². The van der Waals surface area contributed by atoms with Crippen LogP contribution in [0.1, 0.15) is 39.0 Å². The summed E-state index contributed by atoms with van der Waals surface area (Å²) >= 11 is 0. The Labute approximate surface area is 155 Å². The van der Waals surface area contributed by atoms with Crippen molar-refractivity contribution in [2.75, 3.05) is 11.9 Å². The molecule has 0 saturated heterocycles. The fourth-order valence-electron chi connectivity index (χ4n) is 2.80. The van der Waals surface area contributed by atoms with Crippen LogP contribution < -0.4 is 5.32 Å². The van der Waals surface area contributed by atoms with Gasteiger partial charge < -0.3 is 14.6 Å². The number of nitrogens with zero attached hydrogens (tertiary/aromatic N) is 2. The number of benzene rings is 1. The lowest BCUT2D eigenvalue weighted by atomic mass is 10.1. The molecular formula is C19H18FN3O4. The minimum Gasteiger partial charge on any atom is -0.460 e. The second-order valence-corrected chi connectivity index (χ2v) is 5.77. The van der Waals surface area contributed by atoms with Gasteiger partial charge in [-0.2, -0.15) is 0 Å². The molecule has 0 saturated carbocycles. The molecule has 0 atom stereocenters. The highest BCUT2D eigenvalue weighted by atomic mass is 19.1. The molecule has 0 radical (unpaired) electrons. The fraction of sp³-hybridized carbons (Fsp3) is 0.263. The molecule has 1 aromatic heterocycles. The summed E-state index contributed by atoms with van der Waals surface area (Å²) in [5, 5.41) is 2.59. The van der Waals surface area contributed by atoms with Gasteiger partial charge in [-0.25, -0.2) is 14.0 Å². The van der Waals surface area contributed by atoms with E-state index in [1.165, 1.54) is 16.7 Å². The van der Waals surface area contributed by atoms with Gasteiger partial charge in [-0.1, -0.05) is 0 Å². The first-order valence-corrected chi connectivity index (χ1v) is 8.08. The number of ether oxygens (including phenoxy) is 1. The summed E-state index contributed by atoms with van der Waals surface area (Å²) in [6.07, 6.45) is 0. The molecule has 27 heavy (non-hydrogen) atoms. The molecule has 8 heteroatoms. The highest BCUT2D eigenvalue weighted by Gasteiger charge is 2.29. The largest absolute Gasteiger partial charge is 0.460 e. The van der Waals surface area contributed by atoms with Crippen molar-refractivity contribution >= 4 is 29.0 Å². The average Bonchev–Trinajstić information content (AvgIpc) is 2.85. The van der Waals surface area contributed by atoms with Crippen LogP contribution in [0.25, 0.3) is 4.85 Å². The third-order valence-electron chi connectivity index (χ3n) is 4.16. The summed E-state index contributed by atoms with van der Waals surface area (Å²) in [7, 11) is 1.57. The van der Waals surface area contributed by atoms with Crippen molar-refractivity contribution in [3.05, 3.63) is 57.9 Å². The van der Waals surface area contributed by atoms with Crippen LogP contribution in [0.2, 0.25) is 0 Å². The number of hydrogen-bond donors (Lipinski definition) is 1. The van der Waals surface area contributed by atoms with E-state index in [9.17, 15) is 18.8 Å². The number of amides is 1. The quantitative estimate of drug-likeness (QED) is 0.378. The molecule has 1 heterocycles. The molecule has 140 valence electrons. The van der Waals surface area contributed by atoms with Gasteiger partial charge in [0.2, 0.25) is 5.69 Å². The van der Waals surface area contributed by atoms with Gasteiger partial charge in [-0.05, 0) is 44.5 Å². The SMILES string of the molecule is [C-]#[N+]c1cc(NC(=O)c2c(C)c(C(=O)C(=O)OCC)n(C)c2C)ccc1F. The van der Waals surface area contributed by atoms with Gasteiger partial charge in [-0.15, -0.1) is 0 Å². The van der Waals surface area contributed by atoms with E-state index in [1.807, 2.05) is 0 Å². The molecule has 0 unspecified atom stereocenters. The smallest absolute Gasteiger partial charge is 0.381 e. The minimum atomic E-state index is -0.992. The summed E-state index contributed by atoms with van der Waals surface area (Å²) < 4.78 is 19.6. The van der Waals surface area contributed by atoms with E-state index in [1.54, 1.807) is 27.8 Å². The summed E-state index contributed by atoms with van der Waals surface area (Å²) in [5.74, 6) is -3.05. The molecule has 2 rings (SSSR count). The van der Waals surface area contributed by atoms with Crippen molar-refractivity contribution in [1.82, 2.24) is 4.57 Å². The van der Waals surface area contributed by atoms with Crippen LogP contribution in [0.5, 0.6) is 0 Å². The molecule has 2 aromatic rings. The van der Waals surface area contributed by atoms with Gasteiger partial charge in [0, 0.05) is 18.4 Å². The molecule has 1 aromatic carbocycles. The zero-order chi connectivity index (χ0) is 20.3. The standard InChI is InChI=1S/C19H18FN3O4/c1-6-27-19(26)17(24)16-10(2)15(11(3)23(16)5)18(25)22-12-7-8-13(20)14(9-12)21-4/h7-9H,6H2,1-3,5H3,(H,22,25). The van der Waals surface area contributed by atoms with Crippen LogP contribution in [0.4, 0.5) is 15.8 Å². The van der Waals surface area contributed by atoms with Crippen molar-refractivity contribution in [3.63, 3.8) is 0 Å². The first-order valence-electron chi connectivity index (χ1n) is 8.08. The van der Waals surface area contributed by atoms with Crippen molar-refractivity contribution in [3.8, 4) is 0 Å². The van der Waals surface area contributed by atoms with Crippen LogP contribution in [0, 0.1) is 26.2 Å². The number of halogens is 1. The Balaban J connectivity index is 2.40. The van der Waals surface area contributed by atoms with Crippen LogP contribution >= 0.6 is 0 Å². The predicted molar refractivity (Wildman–Crippen MR) is 96.5 cm³/mol. The van der Waals surface area contributed by atoms with E-state index >= 15 is 0 Å².